The van der Waals surface area contributed by atoms with Gasteiger partial charge < -0.3 is 10.1 Å². The van der Waals surface area contributed by atoms with Crippen LogP contribution in [0.5, 0.6) is 5.88 Å². The summed E-state index contributed by atoms with van der Waals surface area (Å²) < 4.78 is 5.14. The third kappa shape index (κ3) is 1.88. The van der Waals surface area contributed by atoms with Crippen molar-refractivity contribution in [3.63, 3.8) is 0 Å². The number of aromatic nitrogens is 2. The van der Waals surface area contributed by atoms with Crippen LogP contribution in [0.3, 0.4) is 0 Å². The molecule has 0 spiro atoms. The van der Waals surface area contributed by atoms with E-state index >= 15 is 0 Å². The van der Waals surface area contributed by atoms with Gasteiger partial charge in [0.15, 0.2) is 0 Å². The van der Waals surface area contributed by atoms with Crippen LogP contribution >= 0.6 is 0 Å². The van der Waals surface area contributed by atoms with Gasteiger partial charge in [-0.25, -0.2) is 4.98 Å². The molecule has 0 amide bonds. The zero-order valence-electron chi connectivity index (χ0n) is 8.51. The lowest BCUT2D eigenvalue weighted by molar-refractivity contribution is 0.392. The molecule has 0 aromatic carbocycles. The van der Waals surface area contributed by atoms with Crippen LogP contribution in [0.15, 0.2) is 0 Å². The molecular formula is C9H15N3O. The van der Waals surface area contributed by atoms with Gasteiger partial charge in [-0.3, -0.25) is 0 Å². The van der Waals surface area contributed by atoms with Crippen molar-refractivity contribution < 1.29 is 4.74 Å². The Kier molecular flexibility index (Phi) is 3.06. The zero-order valence-corrected chi connectivity index (χ0v) is 8.51. The number of ether oxygens (including phenoxy) is 1. The molecule has 4 nitrogen and oxygen atoms in total. The van der Waals surface area contributed by atoms with E-state index in [2.05, 4.69) is 15.3 Å². The highest BCUT2D eigenvalue weighted by Gasteiger charge is 2.08. The van der Waals surface area contributed by atoms with Crippen molar-refractivity contribution in [2.24, 2.45) is 0 Å². The number of rotatable bonds is 3. The summed E-state index contributed by atoms with van der Waals surface area (Å²) in [4.78, 5) is 8.56. The number of hydrogen-bond acceptors (Lipinski definition) is 4. The van der Waals surface area contributed by atoms with Crippen LogP contribution in [-0.4, -0.2) is 24.1 Å². The maximum Gasteiger partial charge on any atom is 0.221 e. The third-order valence-electron chi connectivity index (χ3n) is 1.89. The number of anilines is 1. The Hall–Kier alpha value is -1.32. The maximum absolute atomic E-state index is 5.14. The molecule has 13 heavy (non-hydrogen) atoms. The predicted molar refractivity (Wildman–Crippen MR) is 52.2 cm³/mol. The molecule has 0 atom stereocenters. The minimum Gasteiger partial charge on any atom is -0.481 e. The average Bonchev–Trinajstić information content (AvgIpc) is 2.18. The molecule has 0 aliphatic rings. The second-order valence-corrected chi connectivity index (χ2v) is 2.73. The van der Waals surface area contributed by atoms with E-state index in [9.17, 15) is 0 Å². The summed E-state index contributed by atoms with van der Waals surface area (Å²) in [6.07, 6.45) is 0.811. The Morgan fingerprint density at radius 1 is 1.38 bits per heavy atom. The molecular weight excluding hydrogens is 166 g/mol. The first-order valence-corrected chi connectivity index (χ1v) is 4.32. The van der Waals surface area contributed by atoms with Crippen LogP contribution in [0, 0.1) is 6.92 Å². The Labute approximate surface area is 78.4 Å². The fourth-order valence-corrected chi connectivity index (χ4v) is 1.14. The average molecular weight is 181 g/mol. The third-order valence-corrected chi connectivity index (χ3v) is 1.89. The number of methoxy groups -OCH3 is 1. The van der Waals surface area contributed by atoms with E-state index in [0.717, 1.165) is 23.6 Å². The van der Waals surface area contributed by atoms with Gasteiger partial charge in [0.25, 0.3) is 0 Å². The number of aryl methyl sites for hydroxylation is 1. The summed E-state index contributed by atoms with van der Waals surface area (Å²) in [7, 11) is 3.46. The molecule has 0 unspecified atom stereocenters. The van der Waals surface area contributed by atoms with Crippen molar-refractivity contribution in [1.29, 1.82) is 0 Å². The van der Waals surface area contributed by atoms with Crippen molar-refractivity contribution >= 4 is 5.82 Å². The first-order valence-electron chi connectivity index (χ1n) is 4.32. The molecule has 1 aromatic rings. The van der Waals surface area contributed by atoms with Gasteiger partial charge in [0.1, 0.15) is 11.6 Å². The SMILES string of the molecule is CCc1nc(NC)c(C)c(OC)n1. The summed E-state index contributed by atoms with van der Waals surface area (Å²) in [5.74, 6) is 2.28. The van der Waals surface area contributed by atoms with Gasteiger partial charge in [-0.05, 0) is 6.92 Å². The Balaban J connectivity index is 3.20. The Morgan fingerprint density at radius 2 is 2.08 bits per heavy atom. The van der Waals surface area contributed by atoms with E-state index in [-0.39, 0.29) is 0 Å². The lowest BCUT2D eigenvalue weighted by Gasteiger charge is -2.09. The highest BCUT2D eigenvalue weighted by atomic mass is 16.5. The first kappa shape index (κ1) is 9.77. The number of hydrogen-bond donors (Lipinski definition) is 1. The van der Waals surface area contributed by atoms with Gasteiger partial charge >= 0.3 is 0 Å². The Morgan fingerprint density at radius 3 is 2.54 bits per heavy atom. The highest BCUT2D eigenvalue weighted by Crippen LogP contribution is 2.20. The fraction of sp³-hybridized carbons (Fsp3) is 0.556. The van der Waals surface area contributed by atoms with Crippen LogP contribution in [0.1, 0.15) is 18.3 Å². The molecule has 4 heteroatoms. The summed E-state index contributed by atoms with van der Waals surface area (Å²) in [5, 5.41) is 3.01. The topological polar surface area (TPSA) is 47.0 Å². The quantitative estimate of drug-likeness (QED) is 0.765. The lowest BCUT2D eigenvalue weighted by atomic mass is 10.3. The molecule has 0 aliphatic carbocycles. The predicted octanol–water partition coefficient (Wildman–Crippen LogP) is 1.40. The van der Waals surface area contributed by atoms with Crippen molar-refractivity contribution in [3.8, 4) is 5.88 Å². The molecule has 0 aliphatic heterocycles. The second-order valence-electron chi connectivity index (χ2n) is 2.73. The van der Waals surface area contributed by atoms with Gasteiger partial charge in [-0.1, -0.05) is 6.92 Å². The van der Waals surface area contributed by atoms with E-state index in [1.54, 1.807) is 7.11 Å². The van der Waals surface area contributed by atoms with Crippen molar-refractivity contribution in [3.05, 3.63) is 11.4 Å². The molecule has 1 N–H and O–H groups in total. The largest absolute Gasteiger partial charge is 0.481 e. The van der Waals surface area contributed by atoms with Crippen LogP contribution in [0.4, 0.5) is 5.82 Å². The summed E-state index contributed by atoms with van der Waals surface area (Å²) >= 11 is 0. The molecule has 1 aromatic heterocycles. The van der Waals surface area contributed by atoms with Gasteiger partial charge in [-0.15, -0.1) is 0 Å². The van der Waals surface area contributed by atoms with E-state index in [4.69, 9.17) is 4.74 Å². The normalized spacial score (nSPS) is 9.85. The van der Waals surface area contributed by atoms with Crippen molar-refractivity contribution in [2.45, 2.75) is 20.3 Å². The minimum atomic E-state index is 0.649. The van der Waals surface area contributed by atoms with E-state index < -0.39 is 0 Å². The lowest BCUT2D eigenvalue weighted by Crippen LogP contribution is -2.04. The minimum absolute atomic E-state index is 0.649. The van der Waals surface area contributed by atoms with Gasteiger partial charge in [0.2, 0.25) is 5.88 Å². The maximum atomic E-state index is 5.14. The van der Waals surface area contributed by atoms with Gasteiger partial charge in [0.05, 0.1) is 12.7 Å². The van der Waals surface area contributed by atoms with Crippen LogP contribution in [0.25, 0.3) is 0 Å². The van der Waals surface area contributed by atoms with Crippen molar-refractivity contribution in [1.82, 2.24) is 9.97 Å². The van der Waals surface area contributed by atoms with Crippen LogP contribution in [-0.2, 0) is 6.42 Å². The molecule has 0 fully saturated rings. The molecule has 0 saturated heterocycles. The zero-order chi connectivity index (χ0) is 9.84. The van der Waals surface area contributed by atoms with Crippen LogP contribution < -0.4 is 10.1 Å². The molecule has 0 bridgehead atoms. The molecule has 0 radical (unpaired) electrons. The van der Waals surface area contributed by atoms with Gasteiger partial charge in [-0.2, -0.15) is 4.98 Å². The standard InChI is InChI=1S/C9H15N3O/c1-5-7-11-8(10-3)6(2)9(12-7)13-4/h5H2,1-4H3,(H,10,11,12). The van der Waals surface area contributed by atoms with Gasteiger partial charge in [0, 0.05) is 13.5 Å². The van der Waals surface area contributed by atoms with E-state index in [1.807, 2.05) is 20.9 Å². The molecule has 0 saturated carbocycles. The summed E-state index contributed by atoms with van der Waals surface area (Å²) in [6.45, 7) is 3.95. The van der Waals surface area contributed by atoms with Crippen molar-refractivity contribution in [2.75, 3.05) is 19.5 Å². The second kappa shape index (κ2) is 4.07. The first-order chi connectivity index (χ1) is 6.22. The summed E-state index contributed by atoms with van der Waals surface area (Å²) in [6, 6.07) is 0. The summed E-state index contributed by atoms with van der Waals surface area (Å²) in [5.41, 5.74) is 0.946. The number of nitrogens with one attached hydrogen (secondary N) is 1. The Bertz CT molecular complexity index is 274. The molecule has 1 heterocycles. The smallest absolute Gasteiger partial charge is 0.221 e. The fourth-order valence-electron chi connectivity index (χ4n) is 1.14. The van der Waals surface area contributed by atoms with Crippen LogP contribution in [0.2, 0.25) is 0 Å². The monoisotopic (exact) mass is 181 g/mol. The molecule has 72 valence electrons. The van der Waals surface area contributed by atoms with E-state index in [0.29, 0.717) is 5.88 Å². The number of nitrogens with zero attached hydrogens (tertiary/aromatic N) is 2. The highest BCUT2D eigenvalue weighted by molar-refractivity contribution is 5.47. The molecule has 1 rings (SSSR count). The van der Waals surface area contributed by atoms with E-state index in [1.165, 1.54) is 0 Å².